The van der Waals surface area contributed by atoms with Crippen LogP contribution < -0.4 is 0 Å². The van der Waals surface area contributed by atoms with Gasteiger partial charge < -0.3 is 9.84 Å². The van der Waals surface area contributed by atoms with Crippen molar-refractivity contribution in [2.45, 2.75) is 19.3 Å². The molecule has 1 N–H and O–H groups in total. The SMILES string of the molecule is Cc1c(C(=O)OC(=O)c2cccc(C(F)(F)F)c2)ccc(O)c1C(F)(F)F. The number of alkyl halides is 6. The summed E-state index contributed by atoms with van der Waals surface area (Å²) >= 11 is 0. The Kier molecular flexibility index (Phi) is 5.21. The Morgan fingerprint density at radius 1 is 0.926 bits per heavy atom. The molecule has 2 aromatic rings. The molecule has 0 saturated carbocycles. The van der Waals surface area contributed by atoms with Gasteiger partial charge in [0.2, 0.25) is 0 Å². The van der Waals surface area contributed by atoms with Crippen LogP contribution in [0.2, 0.25) is 0 Å². The molecule has 10 heteroatoms. The predicted octanol–water partition coefficient (Wildman–Crippen LogP) is 4.74. The largest absolute Gasteiger partial charge is 0.507 e. The van der Waals surface area contributed by atoms with E-state index in [-0.39, 0.29) is 0 Å². The molecule has 0 saturated heterocycles. The first-order chi connectivity index (χ1) is 12.3. The maximum absolute atomic E-state index is 13.0. The predicted molar refractivity (Wildman–Crippen MR) is 79.0 cm³/mol. The van der Waals surface area contributed by atoms with Crippen LogP contribution in [0.4, 0.5) is 26.3 Å². The number of phenolic OH excluding ortho intramolecular Hbond substituents is 1. The van der Waals surface area contributed by atoms with E-state index >= 15 is 0 Å². The second-order valence-electron chi connectivity index (χ2n) is 5.39. The maximum atomic E-state index is 13.0. The van der Waals surface area contributed by atoms with E-state index in [0.717, 1.165) is 25.1 Å². The van der Waals surface area contributed by atoms with Gasteiger partial charge in [0.05, 0.1) is 16.7 Å². The molecule has 0 heterocycles. The van der Waals surface area contributed by atoms with Crippen molar-refractivity contribution < 1.29 is 45.8 Å². The zero-order valence-electron chi connectivity index (χ0n) is 13.4. The number of carbonyl (C=O) groups is 2. The fourth-order valence-corrected chi connectivity index (χ4v) is 2.30. The van der Waals surface area contributed by atoms with E-state index in [4.69, 9.17) is 0 Å². The Morgan fingerprint density at radius 2 is 1.56 bits per heavy atom. The topological polar surface area (TPSA) is 63.6 Å². The van der Waals surface area contributed by atoms with Gasteiger partial charge in [-0.15, -0.1) is 0 Å². The van der Waals surface area contributed by atoms with E-state index < -0.39 is 57.9 Å². The van der Waals surface area contributed by atoms with Gasteiger partial charge in [0, 0.05) is 0 Å². The lowest BCUT2D eigenvalue weighted by Gasteiger charge is -2.15. The molecule has 27 heavy (non-hydrogen) atoms. The van der Waals surface area contributed by atoms with Crippen molar-refractivity contribution in [1.29, 1.82) is 0 Å². The average Bonchev–Trinajstić information content (AvgIpc) is 2.52. The fraction of sp³-hybridized carbons (Fsp3) is 0.176. The van der Waals surface area contributed by atoms with Gasteiger partial charge in [0.25, 0.3) is 0 Å². The van der Waals surface area contributed by atoms with Crippen LogP contribution in [0.25, 0.3) is 0 Å². The number of ether oxygens (including phenoxy) is 1. The summed E-state index contributed by atoms with van der Waals surface area (Å²) in [7, 11) is 0. The molecule has 0 aromatic heterocycles. The normalized spacial score (nSPS) is 12.0. The summed E-state index contributed by atoms with van der Waals surface area (Å²) in [6, 6.07) is 4.41. The summed E-state index contributed by atoms with van der Waals surface area (Å²) in [4.78, 5) is 23.9. The van der Waals surface area contributed by atoms with Gasteiger partial charge in [-0.05, 0) is 42.8 Å². The fourth-order valence-electron chi connectivity index (χ4n) is 2.30. The van der Waals surface area contributed by atoms with Crippen molar-refractivity contribution >= 4 is 11.9 Å². The van der Waals surface area contributed by atoms with Crippen LogP contribution in [-0.4, -0.2) is 17.0 Å². The summed E-state index contributed by atoms with van der Waals surface area (Å²) in [6.45, 7) is 0.883. The minimum absolute atomic E-state index is 0.445. The number of hydrogen-bond acceptors (Lipinski definition) is 4. The van der Waals surface area contributed by atoms with Crippen molar-refractivity contribution in [3.8, 4) is 5.75 Å². The highest BCUT2D eigenvalue weighted by Crippen LogP contribution is 2.39. The van der Waals surface area contributed by atoms with Crippen molar-refractivity contribution in [2.75, 3.05) is 0 Å². The summed E-state index contributed by atoms with van der Waals surface area (Å²) in [5.74, 6) is -4.09. The highest BCUT2D eigenvalue weighted by atomic mass is 19.4. The Morgan fingerprint density at radius 3 is 2.11 bits per heavy atom. The molecule has 0 aliphatic rings. The molecule has 0 aliphatic carbocycles. The highest BCUT2D eigenvalue weighted by molar-refractivity contribution is 6.03. The smallest absolute Gasteiger partial charge is 0.420 e. The van der Waals surface area contributed by atoms with Gasteiger partial charge in [0.15, 0.2) is 0 Å². The van der Waals surface area contributed by atoms with E-state index in [2.05, 4.69) is 4.74 Å². The van der Waals surface area contributed by atoms with Crippen molar-refractivity contribution in [1.82, 2.24) is 0 Å². The number of halogens is 6. The second-order valence-corrected chi connectivity index (χ2v) is 5.39. The number of rotatable bonds is 2. The lowest BCUT2D eigenvalue weighted by atomic mass is 10.0. The first-order valence-electron chi connectivity index (χ1n) is 7.16. The quantitative estimate of drug-likeness (QED) is 0.456. The van der Waals surface area contributed by atoms with E-state index in [9.17, 15) is 41.0 Å². The molecule has 0 atom stereocenters. The van der Waals surface area contributed by atoms with Crippen LogP contribution in [0.15, 0.2) is 36.4 Å². The second kappa shape index (κ2) is 6.93. The van der Waals surface area contributed by atoms with Crippen molar-refractivity contribution in [3.05, 3.63) is 64.2 Å². The summed E-state index contributed by atoms with van der Waals surface area (Å²) in [6.07, 6.45) is -9.72. The van der Waals surface area contributed by atoms with Gasteiger partial charge in [0.1, 0.15) is 11.3 Å². The Labute approximate surface area is 148 Å². The number of benzene rings is 2. The third-order valence-corrected chi connectivity index (χ3v) is 3.56. The van der Waals surface area contributed by atoms with Gasteiger partial charge in [-0.25, -0.2) is 9.59 Å². The molecular weight excluding hydrogens is 382 g/mol. The van der Waals surface area contributed by atoms with Gasteiger partial charge in [-0.3, -0.25) is 0 Å². The van der Waals surface area contributed by atoms with E-state index in [1.165, 1.54) is 0 Å². The van der Waals surface area contributed by atoms with Crippen molar-refractivity contribution in [2.24, 2.45) is 0 Å². The lowest BCUT2D eigenvalue weighted by molar-refractivity contribution is -0.139. The van der Waals surface area contributed by atoms with Gasteiger partial charge in [-0.2, -0.15) is 26.3 Å². The molecule has 0 unspecified atom stereocenters. The molecule has 2 rings (SSSR count). The van der Waals surface area contributed by atoms with E-state index in [0.29, 0.717) is 18.2 Å². The monoisotopic (exact) mass is 392 g/mol. The number of esters is 2. The van der Waals surface area contributed by atoms with Crippen LogP contribution in [0.1, 0.15) is 37.4 Å². The molecule has 2 aromatic carbocycles. The Bertz CT molecular complexity index is 899. The lowest BCUT2D eigenvalue weighted by Crippen LogP contribution is -2.17. The number of phenols is 1. The van der Waals surface area contributed by atoms with Crippen molar-refractivity contribution in [3.63, 3.8) is 0 Å². The highest BCUT2D eigenvalue weighted by Gasteiger charge is 2.37. The molecule has 0 bridgehead atoms. The molecule has 0 radical (unpaired) electrons. The van der Waals surface area contributed by atoms with Crippen LogP contribution in [0, 0.1) is 6.92 Å². The summed E-state index contributed by atoms with van der Waals surface area (Å²) in [5.41, 5.74) is -4.61. The van der Waals surface area contributed by atoms with Crippen LogP contribution in [0.5, 0.6) is 5.75 Å². The average molecular weight is 392 g/mol. The maximum Gasteiger partial charge on any atom is 0.420 e. The van der Waals surface area contributed by atoms with Crippen LogP contribution in [-0.2, 0) is 17.1 Å². The molecule has 0 spiro atoms. The molecule has 0 amide bonds. The Hall–Kier alpha value is -3.04. The van der Waals surface area contributed by atoms with E-state index in [1.807, 2.05) is 0 Å². The molecule has 144 valence electrons. The molecule has 0 fully saturated rings. The third-order valence-electron chi connectivity index (χ3n) is 3.56. The minimum atomic E-state index is -4.98. The summed E-state index contributed by atoms with van der Waals surface area (Å²) in [5, 5.41) is 9.35. The molecule has 4 nitrogen and oxygen atoms in total. The summed E-state index contributed by atoms with van der Waals surface area (Å²) < 4.78 is 81.2. The standard InChI is InChI=1S/C17H10F6O4/c1-8-11(5-6-12(24)13(8)17(21,22)23)15(26)27-14(25)9-3-2-4-10(7-9)16(18,19)20/h2-7,24H,1H3. The number of carbonyl (C=O) groups excluding carboxylic acids is 2. The molecular formula is C17H10F6O4. The number of hydrogen-bond donors (Lipinski definition) is 1. The van der Waals surface area contributed by atoms with Crippen LogP contribution in [0.3, 0.4) is 0 Å². The van der Waals surface area contributed by atoms with Crippen LogP contribution >= 0.6 is 0 Å². The first kappa shape index (κ1) is 20.3. The first-order valence-corrected chi connectivity index (χ1v) is 7.16. The minimum Gasteiger partial charge on any atom is -0.507 e. The van der Waals surface area contributed by atoms with E-state index in [1.54, 1.807) is 0 Å². The number of aromatic hydroxyl groups is 1. The Balaban J connectivity index is 2.32. The zero-order valence-corrected chi connectivity index (χ0v) is 13.4. The zero-order chi connectivity index (χ0) is 20.6. The molecule has 0 aliphatic heterocycles. The third kappa shape index (κ3) is 4.39. The van der Waals surface area contributed by atoms with Gasteiger partial charge >= 0.3 is 24.3 Å². The van der Waals surface area contributed by atoms with Gasteiger partial charge in [-0.1, -0.05) is 6.07 Å².